The largest absolute Gasteiger partial charge is 0.493 e. The van der Waals surface area contributed by atoms with E-state index in [9.17, 15) is 4.79 Å². The van der Waals surface area contributed by atoms with Crippen LogP contribution in [0.3, 0.4) is 0 Å². The lowest BCUT2D eigenvalue weighted by Gasteiger charge is -2.11. The van der Waals surface area contributed by atoms with Gasteiger partial charge in [0, 0.05) is 14.7 Å². The molecule has 0 spiro atoms. The Bertz CT molecular complexity index is 551. The second-order valence-electron chi connectivity index (χ2n) is 3.52. The van der Waals surface area contributed by atoms with Crippen LogP contribution in [0, 0.1) is 0 Å². The van der Waals surface area contributed by atoms with Crippen LogP contribution in [0.1, 0.15) is 15.2 Å². The third kappa shape index (κ3) is 2.91. The third-order valence-corrected chi connectivity index (χ3v) is 4.01. The molecule has 0 bridgehead atoms. The number of aldehydes is 1. The van der Waals surface area contributed by atoms with Gasteiger partial charge >= 0.3 is 0 Å². The lowest BCUT2D eigenvalue weighted by molar-refractivity contribution is 0.111. The van der Waals surface area contributed by atoms with Crippen molar-refractivity contribution in [2.45, 2.75) is 6.61 Å². The van der Waals surface area contributed by atoms with Crippen molar-refractivity contribution in [3.05, 3.63) is 44.6 Å². The molecule has 0 N–H and O–H groups in total. The summed E-state index contributed by atoms with van der Waals surface area (Å²) in [5.74, 6) is 1.05. The summed E-state index contributed by atoms with van der Waals surface area (Å²) in [6, 6.07) is 7.22. The van der Waals surface area contributed by atoms with Gasteiger partial charge in [-0.1, -0.05) is 6.07 Å². The number of thiophene rings is 1. The number of methoxy groups -OCH3 is 1. The first kappa shape index (κ1) is 13.1. The second kappa shape index (κ2) is 6.02. The zero-order chi connectivity index (χ0) is 13.0. The van der Waals surface area contributed by atoms with Crippen molar-refractivity contribution in [3.63, 3.8) is 0 Å². The quantitative estimate of drug-likeness (QED) is 0.781. The van der Waals surface area contributed by atoms with E-state index in [-0.39, 0.29) is 0 Å². The predicted octanol–water partition coefficient (Wildman–Crippen LogP) is 3.91. The van der Waals surface area contributed by atoms with Crippen molar-refractivity contribution < 1.29 is 14.3 Å². The molecule has 0 aliphatic heterocycles. The molecule has 2 aromatic rings. The number of benzene rings is 1. The van der Waals surface area contributed by atoms with Crippen LogP contribution in [0.25, 0.3) is 0 Å². The standard InChI is InChI=1S/C13H11BrO3S/c1-16-12-4-2-3-9(6-15)13(12)17-7-11-5-10(14)8-18-11/h2-6,8H,7H2,1H3. The van der Waals surface area contributed by atoms with Gasteiger partial charge in [0.2, 0.25) is 0 Å². The van der Waals surface area contributed by atoms with Crippen LogP contribution in [0.5, 0.6) is 11.5 Å². The number of hydrogen-bond donors (Lipinski definition) is 0. The molecule has 0 radical (unpaired) electrons. The molecule has 0 fully saturated rings. The number of halogens is 1. The van der Waals surface area contributed by atoms with Gasteiger partial charge in [0.05, 0.1) is 12.7 Å². The van der Waals surface area contributed by atoms with Gasteiger partial charge in [-0.3, -0.25) is 4.79 Å². The number of hydrogen-bond acceptors (Lipinski definition) is 4. The Kier molecular flexibility index (Phi) is 4.38. The molecule has 0 amide bonds. The Hall–Kier alpha value is -1.33. The Morgan fingerprint density at radius 3 is 2.89 bits per heavy atom. The molecule has 18 heavy (non-hydrogen) atoms. The number of ether oxygens (including phenoxy) is 2. The van der Waals surface area contributed by atoms with E-state index in [0.29, 0.717) is 23.7 Å². The van der Waals surface area contributed by atoms with Gasteiger partial charge in [0.15, 0.2) is 17.8 Å². The highest BCUT2D eigenvalue weighted by molar-refractivity contribution is 9.10. The summed E-state index contributed by atoms with van der Waals surface area (Å²) in [6.07, 6.45) is 0.766. The second-order valence-corrected chi connectivity index (χ2v) is 5.43. The molecule has 0 aliphatic rings. The zero-order valence-corrected chi connectivity index (χ0v) is 12.1. The highest BCUT2D eigenvalue weighted by Crippen LogP contribution is 2.31. The van der Waals surface area contributed by atoms with Crippen molar-refractivity contribution in [1.29, 1.82) is 0 Å². The third-order valence-electron chi connectivity index (χ3n) is 2.34. The van der Waals surface area contributed by atoms with Crippen LogP contribution in [0.2, 0.25) is 0 Å². The first-order valence-electron chi connectivity index (χ1n) is 5.22. The summed E-state index contributed by atoms with van der Waals surface area (Å²) in [5, 5.41) is 1.99. The average Bonchev–Trinajstić information content (AvgIpc) is 2.81. The summed E-state index contributed by atoms with van der Waals surface area (Å²) >= 11 is 4.98. The first-order valence-corrected chi connectivity index (χ1v) is 6.89. The van der Waals surface area contributed by atoms with Crippen molar-refractivity contribution in [1.82, 2.24) is 0 Å². The highest BCUT2D eigenvalue weighted by atomic mass is 79.9. The molecule has 3 nitrogen and oxygen atoms in total. The molecule has 0 aliphatic carbocycles. The molecule has 0 atom stereocenters. The van der Waals surface area contributed by atoms with Gasteiger partial charge in [0.25, 0.3) is 0 Å². The molecular weight excluding hydrogens is 316 g/mol. The normalized spacial score (nSPS) is 10.1. The predicted molar refractivity (Wildman–Crippen MR) is 74.7 cm³/mol. The number of carbonyl (C=O) groups excluding carboxylic acids is 1. The van der Waals surface area contributed by atoms with Crippen LogP contribution in [0.4, 0.5) is 0 Å². The summed E-state index contributed by atoms with van der Waals surface area (Å²) in [4.78, 5) is 12.0. The molecule has 0 saturated heterocycles. The Labute approximate surface area is 117 Å². The molecule has 1 aromatic heterocycles. The van der Waals surface area contributed by atoms with Crippen molar-refractivity contribution in [2.75, 3.05) is 7.11 Å². The number of rotatable bonds is 5. The van der Waals surface area contributed by atoms with Gasteiger partial charge in [0.1, 0.15) is 6.61 Å². The fraction of sp³-hybridized carbons (Fsp3) is 0.154. The smallest absolute Gasteiger partial charge is 0.172 e. The first-order chi connectivity index (χ1) is 8.74. The van der Waals surface area contributed by atoms with E-state index >= 15 is 0 Å². The molecular formula is C13H11BrO3S. The average molecular weight is 327 g/mol. The van der Waals surface area contributed by atoms with Crippen molar-refractivity contribution >= 4 is 33.6 Å². The molecule has 0 unspecified atom stereocenters. The molecule has 2 rings (SSSR count). The van der Waals surface area contributed by atoms with Gasteiger partial charge in [-0.25, -0.2) is 0 Å². The van der Waals surface area contributed by atoms with Gasteiger partial charge in [-0.05, 0) is 34.1 Å². The maximum absolute atomic E-state index is 11.0. The molecule has 1 aromatic carbocycles. The van der Waals surface area contributed by atoms with Crippen LogP contribution in [-0.4, -0.2) is 13.4 Å². The van der Waals surface area contributed by atoms with E-state index in [2.05, 4.69) is 15.9 Å². The minimum absolute atomic E-state index is 0.414. The van der Waals surface area contributed by atoms with Crippen LogP contribution in [0.15, 0.2) is 34.1 Å². The Balaban J connectivity index is 2.19. The van der Waals surface area contributed by atoms with Crippen LogP contribution < -0.4 is 9.47 Å². The summed E-state index contributed by atoms with van der Waals surface area (Å²) < 4.78 is 11.9. The van der Waals surface area contributed by atoms with E-state index in [1.807, 2.05) is 11.4 Å². The Morgan fingerprint density at radius 2 is 2.28 bits per heavy atom. The van der Waals surface area contributed by atoms with Gasteiger partial charge < -0.3 is 9.47 Å². The van der Waals surface area contributed by atoms with Crippen molar-refractivity contribution in [2.24, 2.45) is 0 Å². The van der Waals surface area contributed by atoms with E-state index in [1.165, 1.54) is 0 Å². The lowest BCUT2D eigenvalue weighted by atomic mass is 10.2. The van der Waals surface area contributed by atoms with E-state index in [1.54, 1.807) is 36.6 Å². The SMILES string of the molecule is COc1cccc(C=O)c1OCc1cc(Br)cs1. The molecule has 0 saturated carbocycles. The van der Waals surface area contributed by atoms with Crippen LogP contribution in [-0.2, 0) is 6.61 Å². The minimum Gasteiger partial charge on any atom is -0.493 e. The fourth-order valence-corrected chi connectivity index (χ4v) is 2.88. The van der Waals surface area contributed by atoms with E-state index < -0.39 is 0 Å². The zero-order valence-electron chi connectivity index (χ0n) is 9.68. The molecule has 1 heterocycles. The van der Waals surface area contributed by atoms with Crippen molar-refractivity contribution in [3.8, 4) is 11.5 Å². The number of para-hydroxylation sites is 1. The van der Waals surface area contributed by atoms with E-state index in [0.717, 1.165) is 15.6 Å². The fourth-order valence-electron chi connectivity index (χ4n) is 1.51. The van der Waals surface area contributed by atoms with Gasteiger partial charge in [-0.2, -0.15) is 0 Å². The minimum atomic E-state index is 0.414. The maximum Gasteiger partial charge on any atom is 0.172 e. The number of carbonyl (C=O) groups is 1. The maximum atomic E-state index is 11.0. The van der Waals surface area contributed by atoms with Gasteiger partial charge in [-0.15, -0.1) is 11.3 Å². The lowest BCUT2D eigenvalue weighted by Crippen LogP contribution is -1.99. The Morgan fingerprint density at radius 1 is 1.44 bits per heavy atom. The summed E-state index contributed by atoms with van der Waals surface area (Å²) in [7, 11) is 1.55. The molecule has 5 heteroatoms. The van der Waals surface area contributed by atoms with E-state index in [4.69, 9.17) is 9.47 Å². The van der Waals surface area contributed by atoms with Crippen LogP contribution >= 0.6 is 27.3 Å². The highest BCUT2D eigenvalue weighted by Gasteiger charge is 2.10. The monoisotopic (exact) mass is 326 g/mol. The topological polar surface area (TPSA) is 35.5 Å². The summed E-state index contributed by atoms with van der Waals surface area (Å²) in [6.45, 7) is 0.414. The molecule has 94 valence electrons. The summed E-state index contributed by atoms with van der Waals surface area (Å²) in [5.41, 5.74) is 0.491.